The molecule has 158 valence electrons. The number of pyridine rings is 2. The third-order valence-corrected chi connectivity index (χ3v) is 6.65. The summed E-state index contributed by atoms with van der Waals surface area (Å²) in [7, 11) is 0. The molecule has 5 rings (SSSR count). The maximum absolute atomic E-state index is 5.93. The molecule has 0 aliphatic heterocycles. The number of thiazole rings is 1. The Kier molecular flexibility index (Phi) is 5.23. The summed E-state index contributed by atoms with van der Waals surface area (Å²) in [5, 5.41) is 4.48. The SMILES string of the molecule is Cc1nc(C)c(CNc2nc(OC[C@H]3C[C@@H]3c3ccc4ncccc4n3)ncc2C)s1. The molecule has 0 radical (unpaired) electrons. The van der Waals surface area contributed by atoms with E-state index in [0.29, 0.717) is 31.0 Å². The van der Waals surface area contributed by atoms with Crippen molar-refractivity contribution < 1.29 is 4.74 Å². The monoisotopic (exact) mass is 432 g/mol. The molecule has 2 atom stereocenters. The standard InChI is InChI=1S/C23H24N6OS/c1-13-10-26-23(29-22(13)25-11-21-14(2)27-15(3)31-21)30-12-16-9-17(16)18-6-7-19-20(28-18)5-4-8-24-19/h4-8,10,16-17H,9,11-12H2,1-3H3,(H,25,26,29)/t16-,17+/m1/s1. The normalized spacial score (nSPS) is 17.6. The van der Waals surface area contributed by atoms with Crippen LogP contribution in [0.15, 0.2) is 36.7 Å². The van der Waals surface area contributed by atoms with Gasteiger partial charge in [-0.25, -0.2) is 9.97 Å². The van der Waals surface area contributed by atoms with Gasteiger partial charge in [0.25, 0.3) is 0 Å². The Hall–Kier alpha value is -3.13. The maximum Gasteiger partial charge on any atom is 0.318 e. The Labute approximate surface area is 185 Å². The van der Waals surface area contributed by atoms with E-state index in [2.05, 4.69) is 31.3 Å². The van der Waals surface area contributed by atoms with Crippen molar-refractivity contribution in [1.29, 1.82) is 0 Å². The molecule has 1 N–H and O–H groups in total. The highest BCUT2D eigenvalue weighted by Gasteiger charge is 2.40. The number of anilines is 1. The Bertz CT molecular complexity index is 1240. The van der Waals surface area contributed by atoms with E-state index in [0.717, 1.165) is 45.2 Å². The first-order valence-corrected chi connectivity index (χ1v) is 11.2. The number of hydrogen-bond acceptors (Lipinski definition) is 8. The van der Waals surface area contributed by atoms with Gasteiger partial charge in [0.1, 0.15) is 5.82 Å². The van der Waals surface area contributed by atoms with Gasteiger partial charge in [0.2, 0.25) is 0 Å². The van der Waals surface area contributed by atoms with E-state index in [9.17, 15) is 0 Å². The van der Waals surface area contributed by atoms with Crippen molar-refractivity contribution in [3.05, 3.63) is 63.5 Å². The second-order valence-electron chi connectivity index (χ2n) is 7.97. The highest BCUT2D eigenvalue weighted by atomic mass is 32.1. The molecular weight excluding hydrogens is 408 g/mol. The van der Waals surface area contributed by atoms with Crippen LogP contribution in [0.3, 0.4) is 0 Å². The lowest BCUT2D eigenvalue weighted by Crippen LogP contribution is -2.08. The van der Waals surface area contributed by atoms with E-state index in [1.165, 1.54) is 4.88 Å². The summed E-state index contributed by atoms with van der Waals surface area (Å²) in [4.78, 5) is 23.7. The molecule has 1 fully saturated rings. The van der Waals surface area contributed by atoms with Gasteiger partial charge in [-0.3, -0.25) is 9.97 Å². The van der Waals surface area contributed by atoms with Gasteiger partial charge in [0.15, 0.2) is 0 Å². The minimum absolute atomic E-state index is 0.409. The third-order valence-electron chi connectivity index (χ3n) is 5.57. The van der Waals surface area contributed by atoms with Crippen LogP contribution in [0.1, 0.15) is 39.2 Å². The Morgan fingerprint density at radius 2 is 1.97 bits per heavy atom. The molecule has 1 saturated carbocycles. The minimum Gasteiger partial charge on any atom is -0.463 e. The van der Waals surface area contributed by atoms with Crippen molar-refractivity contribution in [2.45, 2.75) is 39.7 Å². The van der Waals surface area contributed by atoms with Crippen LogP contribution >= 0.6 is 11.3 Å². The predicted octanol–water partition coefficient (Wildman–Crippen LogP) is 4.60. The average Bonchev–Trinajstić information content (AvgIpc) is 3.48. The minimum atomic E-state index is 0.409. The van der Waals surface area contributed by atoms with Crippen LogP contribution < -0.4 is 10.1 Å². The van der Waals surface area contributed by atoms with E-state index in [-0.39, 0.29) is 0 Å². The third kappa shape index (κ3) is 4.34. The van der Waals surface area contributed by atoms with Crippen LogP contribution in [-0.2, 0) is 6.54 Å². The number of aromatic nitrogens is 5. The van der Waals surface area contributed by atoms with E-state index < -0.39 is 0 Å². The van der Waals surface area contributed by atoms with Gasteiger partial charge in [-0.15, -0.1) is 11.3 Å². The van der Waals surface area contributed by atoms with E-state index >= 15 is 0 Å². The van der Waals surface area contributed by atoms with Crippen LogP contribution in [0.2, 0.25) is 0 Å². The zero-order valence-corrected chi connectivity index (χ0v) is 18.6. The lowest BCUT2D eigenvalue weighted by Gasteiger charge is -2.10. The van der Waals surface area contributed by atoms with Crippen LogP contribution in [-0.4, -0.2) is 31.5 Å². The molecule has 4 heterocycles. The quantitative estimate of drug-likeness (QED) is 0.457. The van der Waals surface area contributed by atoms with Gasteiger partial charge >= 0.3 is 6.01 Å². The fraction of sp³-hybridized carbons (Fsp3) is 0.348. The van der Waals surface area contributed by atoms with Crippen molar-refractivity contribution in [3.63, 3.8) is 0 Å². The Morgan fingerprint density at radius 1 is 1.06 bits per heavy atom. The van der Waals surface area contributed by atoms with Crippen LogP contribution in [0, 0.1) is 26.7 Å². The first-order chi connectivity index (χ1) is 15.1. The fourth-order valence-corrected chi connectivity index (χ4v) is 4.61. The molecule has 1 aliphatic rings. The summed E-state index contributed by atoms with van der Waals surface area (Å²) in [5.41, 5.74) is 5.03. The number of rotatable bonds is 7. The lowest BCUT2D eigenvalue weighted by atomic mass is 10.2. The second-order valence-corrected chi connectivity index (χ2v) is 9.26. The van der Waals surface area contributed by atoms with E-state index in [1.807, 2.05) is 39.0 Å². The van der Waals surface area contributed by atoms with Gasteiger partial charge in [-0.05, 0) is 51.5 Å². The Morgan fingerprint density at radius 3 is 2.81 bits per heavy atom. The number of nitrogens with one attached hydrogen (secondary N) is 1. The molecule has 0 bridgehead atoms. The molecule has 7 nitrogen and oxygen atoms in total. The topological polar surface area (TPSA) is 85.7 Å². The van der Waals surface area contributed by atoms with Gasteiger partial charge in [-0.1, -0.05) is 0 Å². The van der Waals surface area contributed by atoms with Crippen LogP contribution in [0.5, 0.6) is 6.01 Å². The first kappa shape index (κ1) is 19.8. The smallest absolute Gasteiger partial charge is 0.318 e. The molecule has 4 aromatic rings. The van der Waals surface area contributed by atoms with Crippen molar-refractivity contribution in [2.24, 2.45) is 5.92 Å². The maximum atomic E-state index is 5.93. The summed E-state index contributed by atoms with van der Waals surface area (Å²) < 4.78 is 5.93. The molecule has 0 saturated heterocycles. The number of hydrogen-bond donors (Lipinski definition) is 1. The summed E-state index contributed by atoms with van der Waals surface area (Å²) in [6, 6.07) is 8.45. The van der Waals surface area contributed by atoms with Crippen LogP contribution in [0.4, 0.5) is 5.82 Å². The molecule has 4 aromatic heterocycles. The number of ether oxygens (including phenoxy) is 1. The van der Waals surface area contributed by atoms with Crippen molar-refractivity contribution in [3.8, 4) is 6.01 Å². The predicted molar refractivity (Wildman–Crippen MR) is 122 cm³/mol. The first-order valence-electron chi connectivity index (χ1n) is 10.4. The van der Waals surface area contributed by atoms with Gasteiger partial charge in [0, 0.05) is 40.4 Å². The van der Waals surface area contributed by atoms with Gasteiger partial charge in [-0.2, -0.15) is 4.98 Å². The zero-order valence-electron chi connectivity index (χ0n) is 17.8. The largest absolute Gasteiger partial charge is 0.463 e. The summed E-state index contributed by atoms with van der Waals surface area (Å²) in [5.74, 6) is 1.66. The Balaban J connectivity index is 1.20. The summed E-state index contributed by atoms with van der Waals surface area (Å²) in [6.07, 6.45) is 4.67. The molecule has 0 unspecified atom stereocenters. The molecule has 0 aromatic carbocycles. The van der Waals surface area contributed by atoms with Crippen molar-refractivity contribution in [2.75, 3.05) is 11.9 Å². The van der Waals surface area contributed by atoms with E-state index in [4.69, 9.17) is 9.72 Å². The molecule has 0 amide bonds. The summed E-state index contributed by atoms with van der Waals surface area (Å²) >= 11 is 1.71. The number of fused-ring (bicyclic) bond motifs is 1. The molecule has 8 heteroatoms. The summed E-state index contributed by atoms with van der Waals surface area (Å²) in [6.45, 7) is 7.34. The van der Waals surface area contributed by atoms with Crippen molar-refractivity contribution in [1.82, 2.24) is 24.9 Å². The fourth-order valence-electron chi connectivity index (χ4n) is 3.73. The molecule has 0 spiro atoms. The zero-order chi connectivity index (χ0) is 21.4. The molecule has 1 aliphatic carbocycles. The van der Waals surface area contributed by atoms with E-state index in [1.54, 1.807) is 23.7 Å². The van der Waals surface area contributed by atoms with Crippen LogP contribution in [0.25, 0.3) is 11.0 Å². The lowest BCUT2D eigenvalue weighted by molar-refractivity contribution is 0.274. The second kappa shape index (κ2) is 8.19. The van der Waals surface area contributed by atoms with Gasteiger partial charge in [0.05, 0.1) is 34.9 Å². The number of nitrogens with zero attached hydrogens (tertiary/aromatic N) is 5. The average molecular weight is 433 g/mol. The van der Waals surface area contributed by atoms with Gasteiger partial charge < -0.3 is 10.1 Å². The molecule has 31 heavy (non-hydrogen) atoms. The molecular formula is C23H24N6OS. The number of aryl methyl sites for hydroxylation is 3. The van der Waals surface area contributed by atoms with Crippen molar-refractivity contribution >= 4 is 28.2 Å². The highest BCUT2D eigenvalue weighted by molar-refractivity contribution is 7.11. The highest BCUT2D eigenvalue weighted by Crippen LogP contribution is 2.47.